The first-order valence-corrected chi connectivity index (χ1v) is 8.53. The van der Waals surface area contributed by atoms with Crippen molar-refractivity contribution in [3.8, 4) is 11.8 Å². The van der Waals surface area contributed by atoms with Crippen molar-refractivity contribution in [2.45, 2.75) is 20.3 Å². The Kier molecular flexibility index (Phi) is 6.39. The summed E-state index contributed by atoms with van der Waals surface area (Å²) in [6, 6.07) is 14.3. The zero-order valence-corrected chi connectivity index (χ0v) is 15.3. The Morgan fingerprint density at radius 1 is 1.29 bits per heavy atom. The highest BCUT2D eigenvalue weighted by Gasteiger charge is 2.15. The average Bonchev–Trinajstić information content (AvgIpc) is 2.56. The van der Waals surface area contributed by atoms with Crippen LogP contribution in [0.1, 0.15) is 36.2 Å². The smallest absolute Gasteiger partial charge is 0.259 e. The van der Waals surface area contributed by atoms with E-state index in [-0.39, 0.29) is 5.91 Å². The first-order chi connectivity index (χ1) is 11.5. The summed E-state index contributed by atoms with van der Waals surface area (Å²) in [5.41, 5.74) is 1.34. The van der Waals surface area contributed by atoms with Crippen molar-refractivity contribution >= 4 is 27.5 Å². The Bertz CT molecular complexity index is 766. The number of ether oxygens (including phenoxy) is 1. The number of anilines is 1. The highest BCUT2D eigenvalue weighted by Crippen LogP contribution is 2.25. The molecule has 0 spiro atoms. The summed E-state index contributed by atoms with van der Waals surface area (Å²) in [6.45, 7) is 4.79. The van der Waals surface area contributed by atoms with Gasteiger partial charge >= 0.3 is 0 Å². The summed E-state index contributed by atoms with van der Waals surface area (Å²) in [5, 5.41) is 11.9. The fourth-order valence-corrected chi connectivity index (χ4v) is 2.45. The predicted molar refractivity (Wildman–Crippen MR) is 98.2 cm³/mol. The van der Waals surface area contributed by atoms with Gasteiger partial charge in [-0.1, -0.05) is 41.9 Å². The zero-order valence-electron chi connectivity index (χ0n) is 13.7. The summed E-state index contributed by atoms with van der Waals surface area (Å²) >= 11 is 3.38. The first-order valence-electron chi connectivity index (χ1n) is 7.74. The lowest BCUT2D eigenvalue weighted by Gasteiger charge is -2.13. The SMILES string of the molecule is CC(C)CCOc1ccc(Br)cc1C(=O)Nc1ccccc1C#N. The molecule has 0 bridgehead atoms. The number of nitrogens with one attached hydrogen (secondary N) is 1. The van der Waals surface area contributed by atoms with Gasteiger partial charge in [0.1, 0.15) is 11.8 Å². The lowest BCUT2D eigenvalue weighted by Crippen LogP contribution is -2.15. The van der Waals surface area contributed by atoms with E-state index in [9.17, 15) is 4.79 Å². The van der Waals surface area contributed by atoms with Crippen LogP contribution < -0.4 is 10.1 Å². The number of hydrogen-bond acceptors (Lipinski definition) is 3. The minimum Gasteiger partial charge on any atom is -0.493 e. The second-order valence-corrected chi connectivity index (χ2v) is 6.70. The van der Waals surface area contributed by atoms with Crippen molar-refractivity contribution in [1.82, 2.24) is 0 Å². The number of halogens is 1. The molecule has 0 aliphatic carbocycles. The normalized spacial score (nSPS) is 10.3. The Morgan fingerprint density at radius 2 is 2.04 bits per heavy atom. The summed E-state index contributed by atoms with van der Waals surface area (Å²) in [7, 11) is 0. The van der Waals surface area contributed by atoms with Gasteiger partial charge in [0, 0.05) is 4.47 Å². The maximum absolute atomic E-state index is 12.6. The van der Waals surface area contributed by atoms with Crippen LogP contribution in [0.15, 0.2) is 46.9 Å². The van der Waals surface area contributed by atoms with Gasteiger partial charge in [0.2, 0.25) is 0 Å². The summed E-state index contributed by atoms with van der Waals surface area (Å²) in [5.74, 6) is 0.754. The molecule has 0 unspecified atom stereocenters. The lowest BCUT2D eigenvalue weighted by molar-refractivity contribution is 0.102. The van der Waals surface area contributed by atoms with Crippen molar-refractivity contribution < 1.29 is 9.53 Å². The fraction of sp³-hybridized carbons (Fsp3) is 0.263. The zero-order chi connectivity index (χ0) is 17.5. The molecule has 2 aromatic carbocycles. The molecule has 0 aromatic heterocycles. The van der Waals surface area contributed by atoms with Gasteiger partial charge in [-0.3, -0.25) is 4.79 Å². The number of nitrogens with zero attached hydrogens (tertiary/aromatic N) is 1. The minimum absolute atomic E-state index is 0.307. The summed E-state index contributed by atoms with van der Waals surface area (Å²) < 4.78 is 6.56. The van der Waals surface area contributed by atoms with E-state index in [4.69, 9.17) is 10.00 Å². The molecule has 24 heavy (non-hydrogen) atoms. The van der Waals surface area contributed by atoms with Crippen LogP contribution in [0.2, 0.25) is 0 Å². The minimum atomic E-state index is -0.307. The van der Waals surface area contributed by atoms with Gasteiger partial charge in [0.05, 0.1) is 23.4 Å². The molecule has 0 aliphatic rings. The van der Waals surface area contributed by atoms with Crippen LogP contribution >= 0.6 is 15.9 Å². The van der Waals surface area contributed by atoms with Gasteiger partial charge in [-0.2, -0.15) is 5.26 Å². The third-order valence-corrected chi connectivity index (χ3v) is 3.93. The van der Waals surface area contributed by atoms with Gasteiger partial charge < -0.3 is 10.1 Å². The van der Waals surface area contributed by atoms with Gasteiger partial charge in [0.15, 0.2) is 0 Å². The number of rotatable bonds is 6. The van der Waals surface area contributed by atoms with Gasteiger partial charge in [0.25, 0.3) is 5.91 Å². The van der Waals surface area contributed by atoms with Crippen molar-refractivity contribution in [2.24, 2.45) is 5.92 Å². The molecule has 124 valence electrons. The third-order valence-electron chi connectivity index (χ3n) is 3.43. The van der Waals surface area contributed by atoms with E-state index in [1.807, 2.05) is 6.07 Å². The van der Waals surface area contributed by atoms with E-state index in [1.165, 1.54) is 0 Å². The number of carbonyl (C=O) groups is 1. The van der Waals surface area contributed by atoms with E-state index < -0.39 is 0 Å². The monoisotopic (exact) mass is 386 g/mol. The van der Waals surface area contributed by atoms with Crippen LogP contribution in [0.5, 0.6) is 5.75 Å². The molecule has 4 nitrogen and oxygen atoms in total. The van der Waals surface area contributed by atoms with Crippen LogP contribution in [0, 0.1) is 17.2 Å². The van der Waals surface area contributed by atoms with Crippen molar-refractivity contribution in [3.05, 3.63) is 58.1 Å². The van der Waals surface area contributed by atoms with E-state index in [0.717, 1.165) is 10.9 Å². The predicted octanol–water partition coefficient (Wildman–Crippen LogP) is 5.00. The average molecular weight is 387 g/mol. The van der Waals surface area contributed by atoms with Gasteiger partial charge in [-0.25, -0.2) is 0 Å². The van der Waals surface area contributed by atoms with E-state index in [0.29, 0.717) is 35.1 Å². The molecule has 0 saturated heterocycles. The number of amides is 1. The number of nitriles is 1. The Balaban J connectivity index is 2.21. The molecule has 2 aromatic rings. The first kappa shape index (κ1) is 18.0. The van der Waals surface area contributed by atoms with Crippen LogP contribution in [0.3, 0.4) is 0 Å². The molecule has 0 saturated carbocycles. The molecular formula is C19H19BrN2O2. The van der Waals surface area contributed by atoms with Crippen molar-refractivity contribution in [3.63, 3.8) is 0 Å². The molecular weight excluding hydrogens is 368 g/mol. The molecule has 0 heterocycles. The van der Waals surface area contributed by atoms with E-state index in [2.05, 4.69) is 41.2 Å². The number of carbonyl (C=O) groups excluding carboxylic acids is 1. The lowest BCUT2D eigenvalue weighted by atomic mass is 10.1. The second-order valence-electron chi connectivity index (χ2n) is 5.78. The van der Waals surface area contributed by atoms with Crippen LogP contribution in [-0.2, 0) is 0 Å². The number of hydrogen-bond donors (Lipinski definition) is 1. The second kappa shape index (κ2) is 8.51. The van der Waals surface area contributed by atoms with Crippen molar-refractivity contribution in [2.75, 3.05) is 11.9 Å². The summed E-state index contributed by atoms with van der Waals surface area (Å²) in [4.78, 5) is 12.6. The molecule has 1 N–H and O–H groups in total. The third kappa shape index (κ3) is 4.84. The molecule has 2 rings (SSSR count). The quantitative estimate of drug-likeness (QED) is 0.759. The van der Waals surface area contributed by atoms with Gasteiger partial charge in [-0.15, -0.1) is 0 Å². The van der Waals surface area contributed by atoms with Crippen LogP contribution in [0.25, 0.3) is 0 Å². The molecule has 1 amide bonds. The van der Waals surface area contributed by atoms with E-state index in [1.54, 1.807) is 36.4 Å². The molecule has 0 radical (unpaired) electrons. The van der Waals surface area contributed by atoms with Gasteiger partial charge in [-0.05, 0) is 42.7 Å². The highest BCUT2D eigenvalue weighted by atomic mass is 79.9. The molecule has 0 fully saturated rings. The Labute approximate surface area is 150 Å². The van der Waals surface area contributed by atoms with Crippen LogP contribution in [-0.4, -0.2) is 12.5 Å². The maximum atomic E-state index is 12.6. The fourth-order valence-electron chi connectivity index (χ4n) is 2.09. The number of para-hydroxylation sites is 1. The maximum Gasteiger partial charge on any atom is 0.259 e. The summed E-state index contributed by atoms with van der Waals surface area (Å²) in [6.07, 6.45) is 0.911. The topological polar surface area (TPSA) is 62.1 Å². The standard InChI is InChI=1S/C19H19BrN2O2/c1-13(2)9-10-24-18-8-7-15(20)11-16(18)19(23)22-17-6-4-3-5-14(17)12-21/h3-8,11,13H,9-10H2,1-2H3,(H,22,23). The highest BCUT2D eigenvalue weighted by molar-refractivity contribution is 9.10. The van der Waals surface area contributed by atoms with E-state index >= 15 is 0 Å². The largest absolute Gasteiger partial charge is 0.493 e. The Morgan fingerprint density at radius 3 is 2.75 bits per heavy atom. The Hall–Kier alpha value is -2.32. The molecule has 5 heteroatoms. The molecule has 0 atom stereocenters. The number of benzene rings is 2. The van der Waals surface area contributed by atoms with Crippen molar-refractivity contribution in [1.29, 1.82) is 5.26 Å². The molecule has 0 aliphatic heterocycles. The van der Waals surface area contributed by atoms with Crippen LogP contribution in [0.4, 0.5) is 5.69 Å².